The van der Waals surface area contributed by atoms with E-state index in [4.69, 9.17) is 9.47 Å². The van der Waals surface area contributed by atoms with Gasteiger partial charge in [0.15, 0.2) is 0 Å². The van der Waals surface area contributed by atoms with E-state index in [1.807, 2.05) is 0 Å². The Morgan fingerprint density at radius 3 is 1.34 bits per heavy atom. The van der Waals surface area contributed by atoms with E-state index in [1.165, 1.54) is 72.8 Å². The Hall–Kier alpha value is -4.34. The Morgan fingerprint density at radius 1 is 0.688 bits per heavy atom. The Balaban J connectivity index is 1.60. The van der Waals surface area contributed by atoms with Crippen LogP contribution in [0.1, 0.15) is 24.0 Å². The Labute approximate surface area is 183 Å². The van der Waals surface area contributed by atoms with Gasteiger partial charge in [0.05, 0.1) is 23.1 Å². The Kier molecular flexibility index (Phi) is 9.26. The molecule has 2 aromatic carbocycles. The topological polar surface area (TPSA) is 139 Å². The van der Waals surface area contributed by atoms with E-state index in [0.717, 1.165) is 0 Å². The lowest BCUT2D eigenvalue weighted by Gasteiger charge is -2.03. The van der Waals surface area contributed by atoms with Gasteiger partial charge in [0.1, 0.15) is 0 Å². The second kappa shape index (κ2) is 12.4. The molecule has 2 rings (SSSR count). The largest absolute Gasteiger partial charge is 0.463 e. The van der Waals surface area contributed by atoms with Crippen LogP contribution in [0.3, 0.4) is 0 Å². The summed E-state index contributed by atoms with van der Waals surface area (Å²) in [6.45, 7) is 0.305. The van der Waals surface area contributed by atoms with Crippen LogP contribution in [0.5, 0.6) is 0 Å². The average Bonchev–Trinajstić information content (AvgIpc) is 2.79. The van der Waals surface area contributed by atoms with E-state index < -0.39 is 21.8 Å². The first-order chi connectivity index (χ1) is 15.3. The number of nitro groups is 2. The number of rotatable bonds is 11. The summed E-state index contributed by atoms with van der Waals surface area (Å²) in [4.78, 5) is 43.5. The van der Waals surface area contributed by atoms with Gasteiger partial charge < -0.3 is 9.47 Å². The van der Waals surface area contributed by atoms with Gasteiger partial charge in [-0.3, -0.25) is 20.2 Å². The molecule has 0 heterocycles. The summed E-state index contributed by atoms with van der Waals surface area (Å²) in [6, 6.07) is 11.4. The normalized spacial score (nSPS) is 10.9. The SMILES string of the molecule is O=C(/C=C\c1ccc([N+](=O)[O-])cc1)OCCCCOC(=O)/C=C/c1ccc([N+](=O)[O-])cc1. The summed E-state index contributed by atoms with van der Waals surface area (Å²) in [6.07, 6.45) is 6.43. The molecular weight excluding hydrogens is 420 g/mol. The highest BCUT2D eigenvalue weighted by atomic mass is 16.6. The van der Waals surface area contributed by atoms with E-state index in [9.17, 15) is 29.8 Å². The molecule has 0 spiro atoms. The maximum Gasteiger partial charge on any atom is 0.330 e. The van der Waals surface area contributed by atoms with Crippen LogP contribution in [0, 0.1) is 20.2 Å². The molecule has 0 aliphatic carbocycles. The van der Waals surface area contributed by atoms with Crippen molar-refractivity contribution in [1.29, 1.82) is 0 Å². The molecule has 0 aliphatic heterocycles. The number of ether oxygens (including phenoxy) is 2. The molecule has 0 aromatic heterocycles. The van der Waals surface area contributed by atoms with Crippen LogP contribution in [-0.4, -0.2) is 35.0 Å². The number of benzene rings is 2. The summed E-state index contributed by atoms with van der Waals surface area (Å²) in [5.74, 6) is -1.10. The maximum absolute atomic E-state index is 11.7. The minimum Gasteiger partial charge on any atom is -0.463 e. The molecule has 0 radical (unpaired) electrons. The third kappa shape index (κ3) is 8.57. The molecule has 0 bridgehead atoms. The van der Waals surface area contributed by atoms with Crippen LogP contribution in [0.15, 0.2) is 60.7 Å². The van der Waals surface area contributed by atoms with Gasteiger partial charge in [-0.25, -0.2) is 9.59 Å². The van der Waals surface area contributed by atoms with Crippen LogP contribution in [-0.2, 0) is 19.1 Å². The van der Waals surface area contributed by atoms with E-state index >= 15 is 0 Å². The van der Waals surface area contributed by atoms with Gasteiger partial charge in [-0.2, -0.15) is 0 Å². The van der Waals surface area contributed by atoms with Gasteiger partial charge in [0.2, 0.25) is 0 Å². The summed E-state index contributed by atoms with van der Waals surface area (Å²) in [7, 11) is 0. The monoisotopic (exact) mass is 440 g/mol. The zero-order valence-electron chi connectivity index (χ0n) is 16.9. The highest BCUT2D eigenvalue weighted by molar-refractivity contribution is 5.87. The van der Waals surface area contributed by atoms with E-state index in [1.54, 1.807) is 0 Å². The van der Waals surface area contributed by atoms with Crippen molar-refractivity contribution >= 4 is 35.5 Å². The van der Waals surface area contributed by atoms with E-state index in [0.29, 0.717) is 24.0 Å². The molecule has 32 heavy (non-hydrogen) atoms. The molecule has 0 N–H and O–H groups in total. The fourth-order valence-corrected chi connectivity index (χ4v) is 2.39. The second-order valence-corrected chi connectivity index (χ2v) is 6.41. The molecule has 0 atom stereocenters. The summed E-state index contributed by atoms with van der Waals surface area (Å²) >= 11 is 0. The fourth-order valence-electron chi connectivity index (χ4n) is 2.39. The number of hydrogen-bond acceptors (Lipinski definition) is 8. The van der Waals surface area contributed by atoms with Crippen LogP contribution in [0.4, 0.5) is 11.4 Å². The second-order valence-electron chi connectivity index (χ2n) is 6.41. The molecule has 166 valence electrons. The molecule has 0 amide bonds. The maximum atomic E-state index is 11.7. The van der Waals surface area contributed by atoms with Crippen molar-refractivity contribution in [2.45, 2.75) is 12.8 Å². The minimum absolute atomic E-state index is 0.0349. The molecular formula is C22H20N2O8. The number of carbonyl (C=O) groups excluding carboxylic acids is 2. The molecule has 0 saturated carbocycles. The molecule has 10 heteroatoms. The van der Waals surface area contributed by atoms with Crippen molar-refractivity contribution < 1.29 is 28.9 Å². The summed E-state index contributed by atoms with van der Waals surface area (Å²) < 4.78 is 10.1. The molecule has 0 saturated heterocycles. The molecule has 10 nitrogen and oxygen atoms in total. The smallest absolute Gasteiger partial charge is 0.330 e. The Bertz CT molecular complexity index is 928. The van der Waals surface area contributed by atoms with Gasteiger partial charge in [0.25, 0.3) is 11.4 Å². The standard InChI is InChI=1S/C22H20N2O8/c25-21(13-7-17-3-9-19(10-4-17)23(27)28)31-15-1-2-16-32-22(26)14-8-18-5-11-20(12-6-18)24(29)30/h3-14H,1-2,15-16H2/b13-7-,14-8+. The van der Waals surface area contributed by atoms with Gasteiger partial charge in [0, 0.05) is 36.4 Å². The zero-order chi connectivity index (χ0) is 23.3. The quantitative estimate of drug-likeness (QED) is 0.167. The number of non-ortho nitro benzene ring substituents is 2. The minimum atomic E-state index is -0.550. The van der Waals surface area contributed by atoms with Crippen LogP contribution in [0.25, 0.3) is 12.2 Å². The highest BCUT2D eigenvalue weighted by Crippen LogP contribution is 2.14. The summed E-state index contributed by atoms with van der Waals surface area (Å²) in [5, 5.41) is 21.2. The fraction of sp³-hybridized carbons (Fsp3) is 0.182. The third-order valence-corrected chi connectivity index (χ3v) is 4.06. The van der Waals surface area contributed by atoms with Crippen molar-refractivity contribution in [3.8, 4) is 0 Å². The van der Waals surface area contributed by atoms with Crippen LogP contribution >= 0.6 is 0 Å². The van der Waals surface area contributed by atoms with Crippen LogP contribution in [0.2, 0.25) is 0 Å². The predicted molar refractivity (Wildman–Crippen MR) is 115 cm³/mol. The number of esters is 2. The predicted octanol–water partition coefficient (Wildman–Crippen LogP) is 4.10. The van der Waals surface area contributed by atoms with Gasteiger partial charge in [-0.1, -0.05) is 0 Å². The molecule has 2 aromatic rings. The molecule has 0 fully saturated rings. The van der Waals surface area contributed by atoms with E-state index in [2.05, 4.69) is 0 Å². The first kappa shape index (κ1) is 23.9. The first-order valence-corrected chi connectivity index (χ1v) is 9.54. The summed E-state index contributed by atoms with van der Waals surface area (Å²) in [5.41, 5.74) is 1.18. The lowest BCUT2D eigenvalue weighted by molar-refractivity contribution is -0.385. The Morgan fingerprint density at radius 2 is 1.03 bits per heavy atom. The van der Waals surface area contributed by atoms with Crippen molar-refractivity contribution in [1.82, 2.24) is 0 Å². The number of nitro benzene ring substituents is 2. The average molecular weight is 440 g/mol. The van der Waals surface area contributed by atoms with E-state index in [-0.39, 0.29) is 24.6 Å². The highest BCUT2D eigenvalue weighted by Gasteiger charge is 2.04. The lowest BCUT2D eigenvalue weighted by atomic mass is 10.2. The molecule has 0 unspecified atom stereocenters. The first-order valence-electron chi connectivity index (χ1n) is 9.54. The van der Waals surface area contributed by atoms with Crippen molar-refractivity contribution in [2.24, 2.45) is 0 Å². The van der Waals surface area contributed by atoms with Gasteiger partial charge in [-0.05, 0) is 60.4 Å². The van der Waals surface area contributed by atoms with Crippen molar-refractivity contribution in [3.05, 3.63) is 92.0 Å². The third-order valence-electron chi connectivity index (χ3n) is 4.06. The number of nitrogens with zero attached hydrogens (tertiary/aromatic N) is 2. The van der Waals surface area contributed by atoms with Crippen LogP contribution < -0.4 is 0 Å². The lowest BCUT2D eigenvalue weighted by Crippen LogP contribution is -2.06. The van der Waals surface area contributed by atoms with Crippen molar-refractivity contribution in [2.75, 3.05) is 13.2 Å². The van der Waals surface area contributed by atoms with Gasteiger partial charge in [-0.15, -0.1) is 0 Å². The molecule has 0 aliphatic rings. The zero-order valence-corrected chi connectivity index (χ0v) is 16.9. The van der Waals surface area contributed by atoms with Crippen molar-refractivity contribution in [3.63, 3.8) is 0 Å². The number of unbranched alkanes of at least 4 members (excludes halogenated alkanes) is 1. The number of hydrogen-bond donors (Lipinski definition) is 0. The number of carbonyl (C=O) groups is 2. The van der Waals surface area contributed by atoms with Gasteiger partial charge >= 0.3 is 11.9 Å².